The molecular weight excluding hydrogens is 231 g/mol. The highest BCUT2D eigenvalue weighted by Gasteiger charge is 2.19. The van der Waals surface area contributed by atoms with Crippen LogP contribution in [0.25, 0.3) is 10.1 Å². The van der Waals surface area contributed by atoms with Gasteiger partial charge >= 0.3 is 5.97 Å². The van der Waals surface area contributed by atoms with E-state index >= 15 is 0 Å². The highest BCUT2D eigenvalue weighted by Crippen LogP contribution is 2.34. The molecule has 16 heavy (non-hydrogen) atoms. The van der Waals surface area contributed by atoms with Crippen molar-refractivity contribution in [3.05, 3.63) is 23.1 Å². The zero-order valence-corrected chi connectivity index (χ0v) is 9.31. The largest absolute Gasteiger partial charge is 0.462 e. The van der Waals surface area contributed by atoms with E-state index < -0.39 is 11.8 Å². The summed E-state index contributed by atoms with van der Waals surface area (Å²) in [6.07, 6.45) is 2.53. The second kappa shape index (κ2) is 4.05. The minimum atomic E-state index is -0.527. The molecule has 0 radical (unpaired) electrons. The minimum absolute atomic E-state index is 0.226. The standard InChI is InChI=1S/C10H9FN2O2S/c1-2-15-10(14)9-7(12)5-3-13-4-6(11)8(5)16-9/h3-4H,2,12H2,1H3. The molecule has 2 aromatic heterocycles. The van der Waals surface area contributed by atoms with Gasteiger partial charge in [-0.05, 0) is 6.92 Å². The molecule has 0 aliphatic heterocycles. The van der Waals surface area contributed by atoms with E-state index in [1.165, 1.54) is 6.20 Å². The molecule has 4 nitrogen and oxygen atoms in total. The Balaban J connectivity index is 2.60. The Bertz CT molecular complexity index is 553. The van der Waals surface area contributed by atoms with Gasteiger partial charge in [-0.1, -0.05) is 0 Å². The number of carbonyl (C=O) groups is 1. The SMILES string of the molecule is CCOC(=O)c1sc2c(F)cncc2c1N. The predicted molar refractivity (Wildman–Crippen MR) is 59.9 cm³/mol. The average molecular weight is 240 g/mol. The predicted octanol–water partition coefficient (Wildman–Crippen LogP) is 2.19. The Labute approximate surface area is 94.8 Å². The molecule has 0 fully saturated rings. The summed E-state index contributed by atoms with van der Waals surface area (Å²) in [5, 5.41) is 0.452. The summed E-state index contributed by atoms with van der Waals surface area (Å²) in [6, 6.07) is 0. The first-order valence-corrected chi connectivity index (χ1v) is 5.45. The molecule has 2 N–H and O–H groups in total. The number of hydrogen-bond donors (Lipinski definition) is 1. The van der Waals surface area contributed by atoms with Gasteiger partial charge in [0.2, 0.25) is 0 Å². The van der Waals surface area contributed by atoms with E-state index in [-0.39, 0.29) is 17.2 Å². The number of pyridine rings is 1. The van der Waals surface area contributed by atoms with Crippen molar-refractivity contribution < 1.29 is 13.9 Å². The zero-order chi connectivity index (χ0) is 11.7. The number of anilines is 1. The van der Waals surface area contributed by atoms with E-state index in [4.69, 9.17) is 10.5 Å². The topological polar surface area (TPSA) is 65.2 Å². The average Bonchev–Trinajstić information content (AvgIpc) is 2.59. The maximum absolute atomic E-state index is 13.4. The fourth-order valence-electron chi connectivity index (χ4n) is 1.35. The smallest absolute Gasteiger partial charge is 0.350 e. The monoisotopic (exact) mass is 240 g/mol. The Kier molecular flexibility index (Phi) is 2.74. The van der Waals surface area contributed by atoms with E-state index in [2.05, 4.69) is 4.98 Å². The molecule has 0 bridgehead atoms. The van der Waals surface area contributed by atoms with Crippen molar-refractivity contribution in [2.45, 2.75) is 6.92 Å². The molecule has 0 saturated heterocycles. The number of ether oxygens (including phenoxy) is 1. The number of hydrogen-bond acceptors (Lipinski definition) is 5. The molecule has 0 saturated carbocycles. The van der Waals surface area contributed by atoms with Crippen LogP contribution in [-0.4, -0.2) is 17.6 Å². The van der Waals surface area contributed by atoms with Gasteiger partial charge in [-0.25, -0.2) is 9.18 Å². The van der Waals surface area contributed by atoms with E-state index in [0.29, 0.717) is 10.1 Å². The number of rotatable bonds is 2. The summed E-state index contributed by atoms with van der Waals surface area (Å²) in [6.45, 7) is 1.96. The second-order valence-corrected chi connectivity index (χ2v) is 4.08. The lowest BCUT2D eigenvalue weighted by atomic mass is 10.2. The fourth-order valence-corrected chi connectivity index (χ4v) is 2.34. The number of thiophene rings is 1. The minimum Gasteiger partial charge on any atom is -0.462 e. The molecule has 6 heteroatoms. The number of nitrogens with two attached hydrogens (primary N) is 1. The Morgan fingerprint density at radius 2 is 2.38 bits per heavy atom. The van der Waals surface area contributed by atoms with E-state index in [9.17, 15) is 9.18 Å². The summed E-state index contributed by atoms with van der Waals surface area (Å²) in [4.78, 5) is 15.4. The lowest BCUT2D eigenvalue weighted by Crippen LogP contribution is -2.04. The van der Waals surface area contributed by atoms with Crippen LogP contribution >= 0.6 is 11.3 Å². The maximum atomic E-state index is 13.4. The molecule has 2 aromatic rings. The van der Waals surface area contributed by atoms with Crippen molar-refractivity contribution in [1.82, 2.24) is 4.98 Å². The van der Waals surface area contributed by atoms with Crippen LogP contribution < -0.4 is 5.73 Å². The van der Waals surface area contributed by atoms with Gasteiger partial charge < -0.3 is 10.5 Å². The Hall–Kier alpha value is -1.69. The molecule has 0 aromatic carbocycles. The molecule has 0 unspecified atom stereocenters. The maximum Gasteiger partial charge on any atom is 0.350 e. The highest BCUT2D eigenvalue weighted by molar-refractivity contribution is 7.21. The molecular formula is C10H9FN2O2S. The van der Waals surface area contributed by atoms with Crippen LogP contribution in [0.5, 0.6) is 0 Å². The van der Waals surface area contributed by atoms with E-state index in [1.54, 1.807) is 6.92 Å². The fraction of sp³-hybridized carbons (Fsp3) is 0.200. The molecule has 0 aliphatic rings. The summed E-state index contributed by atoms with van der Waals surface area (Å²) in [5.74, 6) is -1.01. The highest BCUT2D eigenvalue weighted by atomic mass is 32.1. The van der Waals surface area contributed by atoms with Crippen molar-refractivity contribution in [3.63, 3.8) is 0 Å². The number of aromatic nitrogens is 1. The molecule has 2 rings (SSSR count). The van der Waals surface area contributed by atoms with Crippen LogP contribution in [0, 0.1) is 5.82 Å². The molecule has 2 heterocycles. The number of carbonyl (C=O) groups excluding carboxylic acids is 1. The van der Waals surface area contributed by atoms with E-state index in [0.717, 1.165) is 17.5 Å². The van der Waals surface area contributed by atoms with Crippen molar-refractivity contribution in [3.8, 4) is 0 Å². The molecule has 0 amide bonds. The van der Waals surface area contributed by atoms with Gasteiger partial charge in [-0.15, -0.1) is 11.3 Å². The van der Waals surface area contributed by atoms with Crippen LogP contribution in [0.3, 0.4) is 0 Å². The molecule has 0 aliphatic carbocycles. The second-order valence-electron chi connectivity index (χ2n) is 3.06. The van der Waals surface area contributed by atoms with Gasteiger partial charge in [-0.3, -0.25) is 4.98 Å². The summed E-state index contributed by atoms with van der Waals surface area (Å²) in [5.41, 5.74) is 5.97. The van der Waals surface area contributed by atoms with Gasteiger partial charge in [0.1, 0.15) is 4.88 Å². The van der Waals surface area contributed by atoms with Gasteiger partial charge in [0.15, 0.2) is 5.82 Å². The first-order chi connectivity index (χ1) is 7.65. The van der Waals surface area contributed by atoms with Crippen LogP contribution in [0.15, 0.2) is 12.4 Å². The number of fused-ring (bicyclic) bond motifs is 1. The van der Waals surface area contributed by atoms with Crippen LogP contribution in [0.4, 0.5) is 10.1 Å². The van der Waals surface area contributed by atoms with Crippen LogP contribution in [0.1, 0.15) is 16.6 Å². The number of halogens is 1. The van der Waals surface area contributed by atoms with Crippen molar-refractivity contribution in [1.29, 1.82) is 0 Å². The molecule has 0 atom stereocenters. The van der Waals surface area contributed by atoms with Gasteiger partial charge in [0.25, 0.3) is 0 Å². The van der Waals surface area contributed by atoms with Crippen LogP contribution in [-0.2, 0) is 4.74 Å². The number of esters is 1. The van der Waals surface area contributed by atoms with Gasteiger partial charge in [0, 0.05) is 11.6 Å². The third-order valence-electron chi connectivity index (χ3n) is 2.05. The first-order valence-electron chi connectivity index (χ1n) is 4.63. The third-order valence-corrected chi connectivity index (χ3v) is 3.26. The Morgan fingerprint density at radius 3 is 3.00 bits per heavy atom. The number of nitrogen functional groups attached to an aromatic ring is 1. The number of nitrogens with zero attached hydrogens (tertiary/aromatic N) is 1. The molecule has 84 valence electrons. The lowest BCUT2D eigenvalue weighted by Gasteiger charge is -1.98. The van der Waals surface area contributed by atoms with Gasteiger partial charge in [-0.2, -0.15) is 0 Å². The van der Waals surface area contributed by atoms with Crippen molar-refractivity contribution >= 4 is 33.1 Å². The zero-order valence-electron chi connectivity index (χ0n) is 8.49. The summed E-state index contributed by atoms with van der Waals surface area (Å²) >= 11 is 0.984. The lowest BCUT2D eigenvalue weighted by molar-refractivity contribution is 0.0533. The van der Waals surface area contributed by atoms with Crippen molar-refractivity contribution in [2.24, 2.45) is 0 Å². The molecule has 0 spiro atoms. The normalized spacial score (nSPS) is 10.6. The summed E-state index contributed by atoms with van der Waals surface area (Å²) in [7, 11) is 0. The van der Waals surface area contributed by atoms with Crippen molar-refractivity contribution in [2.75, 3.05) is 12.3 Å². The van der Waals surface area contributed by atoms with Crippen LogP contribution in [0.2, 0.25) is 0 Å². The third kappa shape index (κ3) is 1.61. The first kappa shape index (κ1) is 10.8. The Morgan fingerprint density at radius 1 is 1.62 bits per heavy atom. The summed E-state index contributed by atoms with van der Waals surface area (Å²) < 4.78 is 18.5. The quantitative estimate of drug-likeness (QED) is 0.817. The van der Waals surface area contributed by atoms with Gasteiger partial charge in [0.05, 0.1) is 23.2 Å². The van der Waals surface area contributed by atoms with E-state index in [1.807, 2.05) is 0 Å².